The molecule has 1 heterocycles. The van der Waals surface area contributed by atoms with Gasteiger partial charge < -0.3 is 19.3 Å². The molecule has 0 aromatic heterocycles. The van der Waals surface area contributed by atoms with Gasteiger partial charge in [-0.25, -0.2) is 0 Å². The molecule has 2 saturated carbocycles. The first-order valence-electron chi connectivity index (χ1n) is 8.70. The van der Waals surface area contributed by atoms with Gasteiger partial charge >= 0.3 is 0 Å². The van der Waals surface area contributed by atoms with E-state index >= 15 is 0 Å². The van der Waals surface area contributed by atoms with Crippen LogP contribution < -0.4 is 0 Å². The zero-order chi connectivity index (χ0) is 17.8. The van der Waals surface area contributed by atoms with Gasteiger partial charge in [-0.3, -0.25) is 4.79 Å². The number of ether oxygens (including phenoxy) is 3. The van der Waals surface area contributed by atoms with Crippen LogP contribution in [0, 0.1) is 5.92 Å². The van der Waals surface area contributed by atoms with Crippen molar-refractivity contribution >= 4 is 29.0 Å². The van der Waals surface area contributed by atoms with Crippen molar-refractivity contribution in [2.45, 2.75) is 79.3 Å². The van der Waals surface area contributed by atoms with E-state index in [0.717, 1.165) is 25.7 Å². The van der Waals surface area contributed by atoms with Crippen LogP contribution in [0.15, 0.2) is 0 Å². The summed E-state index contributed by atoms with van der Waals surface area (Å²) in [6.45, 7) is 2.16. The number of carbonyl (C=O) groups is 1. The van der Waals surface area contributed by atoms with Gasteiger partial charge in [-0.05, 0) is 25.2 Å². The number of Topliss-reactive ketones (excluding diaryl/α,β-unsaturated/α-hetero) is 1. The fraction of sp³-hybridized carbons (Fsp3) is 0.941. The summed E-state index contributed by atoms with van der Waals surface area (Å²) >= 11 is 13.5. The molecule has 2 aliphatic carbocycles. The molecule has 1 saturated heterocycles. The van der Waals surface area contributed by atoms with Crippen molar-refractivity contribution < 1.29 is 24.1 Å². The first kappa shape index (κ1) is 18.9. The van der Waals surface area contributed by atoms with Gasteiger partial charge in [0.25, 0.3) is 5.79 Å². The largest absolute Gasteiger partial charge is 0.358 e. The topological polar surface area (TPSA) is 65.0 Å². The molecule has 1 unspecified atom stereocenters. The van der Waals surface area contributed by atoms with Crippen molar-refractivity contribution in [3.05, 3.63) is 0 Å². The Hall–Kier alpha value is 0.0900. The monoisotopic (exact) mass is 380 g/mol. The molecule has 3 rings (SSSR count). The molecule has 138 valence electrons. The molecule has 7 heteroatoms. The summed E-state index contributed by atoms with van der Waals surface area (Å²) < 4.78 is 16.9. The molecule has 0 radical (unpaired) electrons. The lowest BCUT2D eigenvalue weighted by molar-refractivity contribution is -0.306. The Morgan fingerprint density at radius 2 is 1.92 bits per heavy atom. The standard InChI is InChI=1S/C17H26Cl2O5/c1-4-5-6-7-8-12-9-11-10-14(18)13(20)16(21,24-12)15(11,19)17(14,22-2)23-3/h11-12,21H,4-10H2,1-3H3/t11-,12?,14+,15-,16+/m0/s1. The van der Waals surface area contributed by atoms with Crippen LogP contribution >= 0.6 is 23.2 Å². The lowest BCUT2D eigenvalue weighted by atomic mass is 9.75. The zero-order valence-electron chi connectivity index (χ0n) is 14.4. The molecule has 0 aromatic rings. The minimum atomic E-state index is -2.18. The van der Waals surface area contributed by atoms with Crippen LogP contribution in [0.2, 0.25) is 0 Å². The third-order valence-electron chi connectivity index (χ3n) is 6.09. The second kappa shape index (κ2) is 6.07. The quantitative estimate of drug-likeness (QED) is 0.417. The van der Waals surface area contributed by atoms with Crippen LogP contribution in [0.4, 0.5) is 0 Å². The van der Waals surface area contributed by atoms with Crippen molar-refractivity contribution in [1.29, 1.82) is 0 Å². The minimum absolute atomic E-state index is 0.210. The van der Waals surface area contributed by atoms with Crippen LogP contribution in [0.25, 0.3) is 0 Å². The molecule has 5 nitrogen and oxygen atoms in total. The normalized spacial score (nSPS) is 45.8. The summed E-state index contributed by atoms with van der Waals surface area (Å²) in [4.78, 5) is 9.85. The molecular weight excluding hydrogens is 355 g/mol. The van der Waals surface area contributed by atoms with Gasteiger partial charge in [0.05, 0.1) is 6.10 Å². The average Bonchev–Trinajstić information content (AvgIpc) is 2.82. The SMILES string of the molecule is CCCCCCC1C[C@H]2C[C@@]3(Cl)C(=O)[C@@](O)(O1)[C@]2(Cl)C3(OC)OC. The maximum atomic E-state index is 12.9. The van der Waals surface area contributed by atoms with Crippen molar-refractivity contribution in [2.75, 3.05) is 14.2 Å². The Morgan fingerprint density at radius 1 is 1.25 bits per heavy atom. The highest BCUT2D eigenvalue weighted by Gasteiger charge is 2.93. The fourth-order valence-electron chi connectivity index (χ4n) is 5.02. The zero-order valence-corrected chi connectivity index (χ0v) is 16.0. The smallest absolute Gasteiger partial charge is 0.254 e. The van der Waals surface area contributed by atoms with Crippen molar-refractivity contribution in [3.63, 3.8) is 0 Å². The number of aliphatic hydroxyl groups is 1. The third-order valence-corrected chi connectivity index (χ3v) is 7.48. The van der Waals surface area contributed by atoms with E-state index in [0.29, 0.717) is 12.8 Å². The molecule has 1 N–H and O–H groups in total. The number of halogens is 2. The number of alkyl halides is 2. The van der Waals surface area contributed by atoms with E-state index in [-0.39, 0.29) is 12.0 Å². The van der Waals surface area contributed by atoms with Crippen LogP contribution in [-0.4, -0.2) is 52.5 Å². The van der Waals surface area contributed by atoms with E-state index in [9.17, 15) is 9.90 Å². The summed E-state index contributed by atoms with van der Waals surface area (Å²) in [5, 5.41) is 11.1. The fourth-order valence-corrected chi connectivity index (χ4v) is 6.30. The van der Waals surface area contributed by atoms with Gasteiger partial charge in [-0.1, -0.05) is 32.6 Å². The molecule has 5 atom stereocenters. The van der Waals surface area contributed by atoms with Gasteiger partial charge in [-0.2, -0.15) is 0 Å². The molecule has 0 aromatic carbocycles. The summed E-state index contributed by atoms with van der Waals surface area (Å²) in [6, 6.07) is 0. The van der Waals surface area contributed by atoms with Crippen molar-refractivity contribution in [3.8, 4) is 0 Å². The first-order valence-corrected chi connectivity index (χ1v) is 9.46. The number of fused-ring (bicyclic) bond motifs is 1. The molecule has 3 fully saturated rings. The van der Waals surface area contributed by atoms with Crippen LogP contribution in [0.1, 0.15) is 51.9 Å². The minimum Gasteiger partial charge on any atom is -0.358 e. The lowest BCUT2D eigenvalue weighted by Gasteiger charge is -2.50. The van der Waals surface area contributed by atoms with Crippen LogP contribution in [-0.2, 0) is 19.0 Å². The highest BCUT2D eigenvalue weighted by atomic mass is 35.5. The van der Waals surface area contributed by atoms with Crippen LogP contribution in [0.5, 0.6) is 0 Å². The lowest BCUT2D eigenvalue weighted by Crippen LogP contribution is -2.68. The number of methoxy groups -OCH3 is 2. The van der Waals surface area contributed by atoms with E-state index in [1.54, 1.807) is 0 Å². The molecule has 3 aliphatic rings. The summed E-state index contributed by atoms with van der Waals surface area (Å²) in [6.07, 6.45) is 5.96. The van der Waals surface area contributed by atoms with Gasteiger partial charge in [0, 0.05) is 14.2 Å². The van der Waals surface area contributed by atoms with Gasteiger partial charge in [0.2, 0.25) is 11.6 Å². The van der Waals surface area contributed by atoms with E-state index < -0.39 is 27.1 Å². The number of rotatable bonds is 7. The number of hydrogen-bond acceptors (Lipinski definition) is 5. The molecule has 0 spiro atoms. The van der Waals surface area contributed by atoms with E-state index in [1.807, 2.05) is 0 Å². The predicted octanol–water partition coefficient (Wildman–Crippen LogP) is 2.98. The molecule has 24 heavy (non-hydrogen) atoms. The highest BCUT2D eigenvalue weighted by Crippen LogP contribution is 2.72. The summed E-state index contributed by atoms with van der Waals surface area (Å²) in [5.74, 6) is -4.65. The Morgan fingerprint density at radius 3 is 2.46 bits per heavy atom. The highest BCUT2D eigenvalue weighted by molar-refractivity contribution is 6.44. The Kier molecular flexibility index (Phi) is 4.77. The van der Waals surface area contributed by atoms with E-state index in [2.05, 4.69) is 6.92 Å². The maximum Gasteiger partial charge on any atom is 0.254 e. The number of hydrogen-bond donors (Lipinski definition) is 1. The van der Waals surface area contributed by atoms with Crippen molar-refractivity contribution in [2.24, 2.45) is 5.92 Å². The molecule has 2 bridgehead atoms. The second-order valence-corrected chi connectivity index (χ2v) is 8.48. The van der Waals surface area contributed by atoms with Crippen LogP contribution in [0.3, 0.4) is 0 Å². The van der Waals surface area contributed by atoms with Gasteiger partial charge in [-0.15, -0.1) is 23.2 Å². The third kappa shape index (κ3) is 1.94. The van der Waals surface area contributed by atoms with Crippen molar-refractivity contribution in [1.82, 2.24) is 0 Å². The Balaban J connectivity index is 1.89. The predicted molar refractivity (Wildman–Crippen MR) is 90.2 cm³/mol. The summed E-state index contributed by atoms with van der Waals surface area (Å²) in [5.41, 5.74) is 0. The average molecular weight is 381 g/mol. The van der Waals surface area contributed by atoms with E-state index in [4.69, 9.17) is 37.4 Å². The first-order chi connectivity index (χ1) is 11.3. The maximum absolute atomic E-state index is 12.9. The molecule has 0 amide bonds. The summed E-state index contributed by atoms with van der Waals surface area (Å²) in [7, 11) is 2.78. The van der Waals surface area contributed by atoms with Gasteiger partial charge in [0.1, 0.15) is 0 Å². The second-order valence-electron chi connectivity index (χ2n) is 7.24. The molecular formula is C17H26Cl2O5. The Labute approximate surface area is 152 Å². The number of carbonyl (C=O) groups excluding carboxylic acids is 1. The van der Waals surface area contributed by atoms with E-state index in [1.165, 1.54) is 20.6 Å². The number of unbranched alkanes of at least 4 members (excludes halogenated alkanes) is 3. The molecule has 1 aliphatic heterocycles. The van der Waals surface area contributed by atoms with Gasteiger partial charge in [0.15, 0.2) is 9.75 Å². The Bertz CT molecular complexity index is 525. The number of ketones is 1.